The first-order valence-corrected chi connectivity index (χ1v) is 6.28. The fraction of sp³-hybridized carbons (Fsp3) is 0.0909. The fourth-order valence-electron chi connectivity index (χ4n) is 1.72. The third-order valence-electron chi connectivity index (χ3n) is 2.64. The number of nitrogen functional groups attached to an aromatic ring is 1. The van der Waals surface area contributed by atoms with Gasteiger partial charge in [-0.1, -0.05) is 0 Å². The summed E-state index contributed by atoms with van der Waals surface area (Å²) in [5.41, 5.74) is 7.34. The Morgan fingerprint density at radius 2 is 2.11 bits per heavy atom. The topological polar surface area (TPSA) is 87.4 Å². The zero-order valence-electron chi connectivity index (χ0n) is 10.0. The van der Waals surface area contributed by atoms with Gasteiger partial charge in [0.2, 0.25) is 0 Å². The van der Waals surface area contributed by atoms with Crippen LogP contribution in [0.2, 0.25) is 0 Å². The van der Waals surface area contributed by atoms with E-state index in [1.807, 2.05) is 37.5 Å². The first kappa shape index (κ1) is 11.8. The number of nitrogens with two attached hydrogens (primary N) is 1. The quantitative estimate of drug-likeness (QED) is 0.721. The second kappa shape index (κ2) is 4.47. The Morgan fingerprint density at radius 3 is 2.79 bits per heavy atom. The number of halogens is 1. The zero-order valence-corrected chi connectivity index (χ0v) is 11.6. The minimum atomic E-state index is 0.595. The second-order valence-electron chi connectivity index (χ2n) is 4.00. The molecule has 0 amide bonds. The van der Waals surface area contributed by atoms with Gasteiger partial charge in [0, 0.05) is 35.0 Å². The van der Waals surface area contributed by atoms with Crippen molar-refractivity contribution in [3.05, 3.63) is 34.9 Å². The molecule has 0 aliphatic carbocycles. The van der Waals surface area contributed by atoms with Crippen LogP contribution in [0.5, 0.6) is 0 Å². The molecule has 0 fully saturated rings. The van der Waals surface area contributed by atoms with Crippen LogP contribution in [0.3, 0.4) is 0 Å². The summed E-state index contributed by atoms with van der Waals surface area (Å²) in [5, 5.41) is 16.0. The number of aromatic nitrogens is 6. The fourth-order valence-corrected chi connectivity index (χ4v) is 1.97. The lowest BCUT2D eigenvalue weighted by Crippen LogP contribution is -2.02. The highest BCUT2D eigenvalue weighted by Crippen LogP contribution is 2.26. The van der Waals surface area contributed by atoms with E-state index in [0.29, 0.717) is 17.3 Å². The molecule has 1 aromatic carbocycles. The predicted octanol–water partition coefficient (Wildman–Crippen LogP) is 1.41. The van der Waals surface area contributed by atoms with E-state index < -0.39 is 0 Å². The normalized spacial score (nSPS) is 10.8. The summed E-state index contributed by atoms with van der Waals surface area (Å²) in [6, 6.07) is 7.41. The molecule has 0 saturated heterocycles. The maximum Gasteiger partial charge on any atom is 0.189 e. The molecular formula is C11H10BrN7. The number of hydrogen-bond acceptors (Lipinski definition) is 5. The standard InChI is InChI=1S/C11H10BrN7/c1-18-5-4-10(15-18)19-11(14-16-17-19)7-2-3-8(12)9(13)6-7/h2-6H,13H2,1H3. The van der Waals surface area contributed by atoms with Gasteiger partial charge in [0.15, 0.2) is 11.6 Å². The molecule has 0 atom stereocenters. The second-order valence-corrected chi connectivity index (χ2v) is 4.85. The molecule has 3 aromatic rings. The minimum Gasteiger partial charge on any atom is -0.398 e. The van der Waals surface area contributed by atoms with Crippen molar-refractivity contribution in [3.8, 4) is 17.2 Å². The van der Waals surface area contributed by atoms with Crippen LogP contribution in [-0.2, 0) is 7.05 Å². The number of anilines is 1. The van der Waals surface area contributed by atoms with Crippen molar-refractivity contribution in [2.45, 2.75) is 0 Å². The van der Waals surface area contributed by atoms with Gasteiger partial charge in [-0.2, -0.15) is 9.78 Å². The highest BCUT2D eigenvalue weighted by Gasteiger charge is 2.13. The molecule has 2 aromatic heterocycles. The van der Waals surface area contributed by atoms with Crippen LogP contribution in [0.4, 0.5) is 5.69 Å². The lowest BCUT2D eigenvalue weighted by Gasteiger charge is -2.03. The number of rotatable bonds is 2. The van der Waals surface area contributed by atoms with Crippen LogP contribution >= 0.6 is 15.9 Å². The van der Waals surface area contributed by atoms with Crippen molar-refractivity contribution in [2.75, 3.05) is 5.73 Å². The van der Waals surface area contributed by atoms with Gasteiger partial charge < -0.3 is 5.73 Å². The molecule has 7 nitrogen and oxygen atoms in total. The van der Waals surface area contributed by atoms with Crippen LogP contribution in [0.15, 0.2) is 34.9 Å². The van der Waals surface area contributed by atoms with E-state index >= 15 is 0 Å². The van der Waals surface area contributed by atoms with Gasteiger partial charge >= 0.3 is 0 Å². The Balaban J connectivity index is 2.11. The molecule has 0 unspecified atom stereocenters. The van der Waals surface area contributed by atoms with Gasteiger partial charge in [-0.25, -0.2) is 0 Å². The first-order chi connectivity index (χ1) is 9.15. The molecule has 0 aliphatic rings. The molecular weight excluding hydrogens is 310 g/mol. The van der Waals surface area contributed by atoms with E-state index in [1.54, 1.807) is 9.36 Å². The highest BCUT2D eigenvalue weighted by molar-refractivity contribution is 9.10. The van der Waals surface area contributed by atoms with Crippen LogP contribution in [0.25, 0.3) is 17.2 Å². The van der Waals surface area contributed by atoms with Crippen molar-refractivity contribution < 1.29 is 0 Å². The SMILES string of the molecule is Cn1ccc(-n2nnnc2-c2ccc(Br)c(N)c2)n1. The van der Waals surface area contributed by atoms with Gasteiger partial charge in [0.05, 0.1) is 0 Å². The molecule has 2 N–H and O–H groups in total. The average Bonchev–Trinajstić information content (AvgIpc) is 3.00. The third-order valence-corrected chi connectivity index (χ3v) is 3.36. The molecule has 0 radical (unpaired) electrons. The summed E-state index contributed by atoms with van der Waals surface area (Å²) in [4.78, 5) is 0. The largest absolute Gasteiger partial charge is 0.398 e. The van der Waals surface area contributed by atoms with E-state index in [9.17, 15) is 0 Å². The van der Waals surface area contributed by atoms with Crippen molar-refractivity contribution >= 4 is 21.6 Å². The molecule has 0 aliphatic heterocycles. The van der Waals surface area contributed by atoms with E-state index in [2.05, 4.69) is 36.6 Å². The maximum absolute atomic E-state index is 5.88. The average molecular weight is 320 g/mol. The van der Waals surface area contributed by atoms with Crippen LogP contribution < -0.4 is 5.73 Å². The molecule has 19 heavy (non-hydrogen) atoms. The summed E-state index contributed by atoms with van der Waals surface area (Å²) in [7, 11) is 1.84. The van der Waals surface area contributed by atoms with Crippen molar-refractivity contribution in [1.82, 2.24) is 30.0 Å². The summed E-state index contributed by atoms with van der Waals surface area (Å²) in [5.74, 6) is 1.25. The van der Waals surface area contributed by atoms with Gasteiger partial charge in [0.1, 0.15) is 0 Å². The van der Waals surface area contributed by atoms with Crippen molar-refractivity contribution in [1.29, 1.82) is 0 Å². The Kier molecular flexibility index (Phi) is 2.79. The Hall–Kier alpha value is -2.22. The van der Waals surface area contributed by atoms with Gasteiger partial charge in [-0.15, -0.1) is 5.10 Å². The first-order valence-electron chi connectivity index (χ1n) is 5.49. The van der Waals surface area contributed by atoms with Crippen LogP contribution in [0, 0.1) is 0 Å². The Morgan fingerprint density at radius 1 is 1.26 bits per heavy atom. The van der Waals surface area contributed by atoms with Crippen molar-refractivity contribution in [2.24, 2.45) is 7.05 Å². The molecule has 3 rings (SSSR count). The third kappa shape index (κ3) is 2.10. The molecule has 0 spiro atoms. The Labute approximate surface area is 117 Å². The lowest BCUT2D eigenvalue weighted by molar-refractivity contribution is 0.715. The summed E-state index contributed by atoms with van der Waals surface area (Å²) < 4.78 is 4.10. The lowest BCUT2D eigenvalue weighted by atomic mass is 10.2. The maximum atomic E-state index is 5.88. The molecule has 0 saturated carbocycles. The predicted molar refractivity (Wildman–Crippen MR) is 73.5 cm³/mol. The number of nitrogens with zero attached hydrogens (tertiary/aromatic N) is 6. The minimum absolute atomic E-state index is 0.595. The molecule has 2 heterocycles. The number of aryl methyl sites for hydroxylation is 1. The van der Waals surface area contributed by atoms with Gasteiger partial charge in [0.25, 0.3) is 0 Å². The van der Waals surface area contributed by atoms with Crippen LogP contribution in [-0.4, -0.2) is 30.0 Å². The van der Waals surface area contributed by atoms with Crippen molar-refractivity contribution in [3.63, 3.8) is 0 Å². The smallest absolute Gasteiger partial charge is 0.189 e. The Bertz CT molecular complexity index is 730. The molecule has 96 valence electrons. The van der Waals surface area contributed by atoms with E-state index in [0.717, 1.165) is 10.0 Å². The zero-order chi connectivity index (χ0) is 13.4. The number of benzene rings is 1. The summed E-state index contributed by atoms with van der Waals surface area (Å²) >= 11 is 3.36. The highest BCUT2D eigenvalue weighted by atomic mass is 79.9. The molecule has 8 heteroatoms. The van der Waals surface area contributed by atoms with E-state index in [4.69, 9.17) is 5.73 Å². The van der Waals surface area contributed by atoms with Gasteiger partial charge in [-0.05, 0) is 44.6 Å². The van der Waals surface area contributed by atoms with E-state index in [1.165, 1.54) is 0 Å². The number of tetrazole rings is 1. The molecule has 0 bridgehead atoms. The van der Waals surface area contributed by atoms with Crippen LogP contribution in [0.1, 0.15) is 0 Å². The monoisotopic (exact) mass is 319 g/mol. The summed E-state index contributed by atoms with van der Waals surface area (Å²) in [6.07, 6.45) is 1.83. The van der Waals surface area contributed by atoms with E-state index in [-0.39, 0.29) is 0 Å². The summed E-state index contributed by atoms with van der Waals surface area (Å²) in [6.45, 7) is 0. The number of hydrogen-bond donors (Lipinski definition) is 1. The van der Waals surface area contributed by atoms with Gasteiger partial charge in [-0.3, -0.25) is 4.68 Å².